The smallest absolute Gasteiger partial charge is 0.252 e. The van der Waals surface area contributed by atoms with E-state index in [-0.39, 0.29) is 11.4 Å². The van der Waals surface area contributed by atoms with E-state index in [1.54, 1.807) is 0 Å². The summed E-state index contributed by atoms with van der Waals surface area (Å²) in [6.07, 6.45) is 3.54. The fourth-order valence-electron chi connectivity index (χ4n) is 2.62. The number of nitrogens with one attached hydrogen (secondary N) is 1. The molecular weight excluding hydrogens is 381 g/mol. The topological polar surface area (TPSA) is 29.1 Å². The van der Waals surface area contributed by atoms with Crippen LogP contribution < -0.4 is 5.32 Å². The minimum Gasteiger partial charge on any atom is -0.347 e. The predicted octanol–water partition coefficient (Wildman–Crippen LogP) is 3.34. The summed E-state index contributed by atoms with van der Waals surface area (Å²) in [6.45, 7) is 0. The van der Waals surface area contributed by atoms with E-state index in [1.165, 1.54) is 19.3 Å². The average Bonchev–Trinajstić information content (AvgIpc) is 2.13. The third-order valence-corrected chi connectivity index (χ3v) is 6.11. The first-order chi connectivity index (χ1) is 7.60. The van der Waals surface area contributed by atoms with Gasteiger partial charge < -0.3 is 5.32 Å². The second-order valence-electron chi connectivity index (χ2n) is 4.81. The lowest BCUT2D eigenvalue weighted by Gasteiger charge is -2.61. The molecule has 1 aromatic rings. The zero-order valence-corrected chi connectivity index (χ0v) is 12.3. The van der Waals surface area contributed by atoms with Gasteiger partial charge >= 0.3 is 0 Å². The molecule has 0 aromatic heterocycles. The Morgan fingerprint density at radius 2 is 2.12 bits per heavy atom. The van der Waals surface area contributed by atoms with Gasteiger partial charge in [0.25, 0.3) is 5.91 Å². The highest BCUT2D eigenvalue weighted by atomic mass is 127. The van der Waals surface area contributed by atoms with Gasteiger partial charge in [-0.3, -0.25) is 4.79 Å². The van der Waals surface area contributed by atoms with E-state index < -0.39 is 0 Å². The lowest BCUT2D eigenvalue weighted by Crippen LogP contribution is -2.68. The number of carbonyl (C=O) groups is 1. The Morgan fingerprint density at radius 3 is 2.69 bits per heavy atom. The molecule has 3 saturated carbocycles. The van der Waals surface area contributed by atoms with E-state index in [9.17, 15) is 4.79 Å². The largest absolute Gasteiger partial charge is 0.347 e. The van der Waals surface area contributed by atoms with Gasteiger partial charge in [0.2, 0.25) is 0 Å². The molecule has 0 atom stereocenters. The molecule has 0 spiro atoms. The molecule has 3 fully saturated rings. The Balaban J connectivity index is 1.80. The molecule has 1 amide bonds. The molecule has 84 valence electrons. The van der Waals surface area contributed by atoms with E-state index >= 15 is 0 Å². The number of hydrogen-bond acceptors (Lipinski definition) is 1. The van der Waals surface area contributed by atoms with Crippen LogP contribution in [0.5, 0.6) is 0 Å². The summed E-state index contributed by atoms with van der Waals surface area (Å²) in [6, 6.07) is 5.78. The van der Waals surface area contributed by atoms with Crippen molar-refractivity contribution in [2.45, 2.75) is 24.8 Å². The maximum atomic E-state index is 12.1. The minimum absolute atomic E-state index is 0.0588. The minimum atomic E-state index is 0.0588. The van der Waals surface area contributed by atoms with Crippen molar-refractivity contribution in [1.82, 2.24) is 5.32 Å². The highest BCUT2D eigenvalue weighted by Gasteiger charge is 2.57. The zero-order chi connectivity index (χ0) is 11.3. The summed E-state index contributed by atoms with van der Waals surface area (Å²) in [4.78, 5) is 12.1. The third kappa shape index (κ3) is 1.61. The summed E-state index contributed by atoms with van der Waals surface area (Å²) in [7, 11) is 0. The second kappa shape index (κ2) is 3.70. The first-order valence-electron chi connectivity index (χ1n) is 5.36. The van der Waals surface area contributed by atoms with Crippen LogP contribution in [0.1, 0.15) is 29.6 Å². The van der Waals surface area contributed by atoms with Gasteiger partial charge in [0, 0.05) is 13.6 Å². The van der Waals surface area contributed by atoms with Crippen LogP contribution in [0.2, 0.25) is 0 Å². The van der Waals surface area contributed by atoms with Crippen LogP contribution in [-0.4, -0.2) is 11.4 Å². The number of benzene rings is 1. The van der Waals surface area contributed by atoms with Gasteiger partial charge in [0.15, 0.2) is 0 Å². The van der Waals surface area contributed by atoms with Gasteiger partial charge in [-0.1, -0.05) is 6.07 Å². The van der Waals surface area contributed by atoms with E-state index in [2.05, 4.69) is 43.8 Å². The number of hydrogen-bond donors (Lipinski definition) is 1. The maximum Gasteiger partial charge on any atom is 0.252 e. The third-order valence-electron chi connectivity index (χ3n) is 3.61. The molecule has 4 rings (SSSR count). The van der Waals surface area contributed by atoms with Crippen molar-refractivity contribution in [1.29, 1.82) is 0 Å². The van der Waals surface area contributed by atoms with Gasteiger partial charge in [-0.25, -0.2) is 0 Å². The van der Waals surface area contributed by atoms with Crippen molar-refractivity contribution < 1.29 is 4.79 Å². The average molecular weight is 392 g/mol. The fourth-order valence-corrected chi connectivity index (χ4v) is 3.56. The summed E-state index contributed by atoms with van der Waals surface area (Å²) in [5.41, 5.74) is 0.902. The molecule has 4 heteroatoms. The monoisotopic (exact) mass is 391 g/mol. The molecule has 16 heavy (non-hydrogen) atoms. The summed E-state index contributed by atoms with van der Waals surface area (Å²) < 4.78 is 1.97. The Labute approximate surface area is 116 Å². The van der Waals surface area contributed by atoms with Crippen LogP contribution in [-0.2, 0) is 0 Å². The van der Waals surface area contributed by atoms with Gasteiger partial charge in [-0.2, -0.15) is 0 Å². The van der Waals surface area contributed by atoms with Crippen LogP contribution in [0, 0.1) is 9.49 Å². The maximum absolute atomic E-state index is 12.1. The van der Waals surface area contributed by atoms with Crippen LogP contribution >= 0.6 is 38.5 Å². The molecule has 0 saturated heterocycles. The van der Waals surface area contributed by atoms with E-state index in [4.69, 9.17) is 0 Å². The fraction of sp³-hybridized carbons (Fsp3) is 0.417. The van der Waals surface area contributed by atoms with Crippen molar-refractivity contribution in [2.24, 2.45) is 5.92 Å². The van der Waals surface area contributed by atoms with Crippen LogP contribution in [0.25, 0.3) is 0 Å². The molecular formula is C12H11BrINO. The van der Waals surface area contributed by atoms with Gasteiger partial charge in [0.1, 0.15) is 0 Å². The molecule has 1 aromatic carbocycles. The molecule has 0 unspecified atom stereocenters. The SMILES string of the molecule is O=C(NC12CC(C1)C2)c1cccc(I)c1Br. The summed E-state index contributed by atoms with van der Waals surface area (Å²) >= 11 is 5.70. The highest BCUT2D eigenvalue weighted by Crippen LogP contribution is 2.57. The summed E-state index contributed by atoms with van der Waals surface area (Å²) in [5, 5.41) is 3.17. The van der Waals surface area contributed by atoms with Crippen molar-refractivity contribution in [2.75, 3.05) is 0 Å². The molecule has 0 aliphatic heterocycles. The molecule has 0 heterocycles. The van der Waals surface area contributed by atoms with Crippen LogP contribution in [0.3, 0.4) is 0 Å². The molecule has 3 aliphatic rings. The van der Waals surface area contributed by atoms with Crippen LogP contribution in [0.15, 0.2) is 22.7 Å². The lowest BCUT2D eigenvalue weighted by atomic mass is 9.50. The number of amides is 1. The highest BCUT2D eigenvalue weighted by molar-refractivity contribution is 14.1. The zero-order valence-electron chi connectivity index (χ0n) is 8.59. The number of halogens is 2. The van der Waals surface area contributed by atoms with Crippen molar-refractivity contribution in [3.8, 4) is 0 Å². The first kappa shape index (κ1) is 11.0. The van der Waals surface area contributed by atoms with Crippen molar-refractivity contribution in [3.05, 3.63) is 31.8 Å². The van der Waals surface area contributed by atoms with Gasteiger partial charge in [-0.15, -0.1) is 0 Å². The quantitative estimate of drug-likeness (QED) is 0.769. The summed E-state index contributed by atoms with van der Waals surface area (Å²) in [5.74, 6) is 0.947. The van der Waals surface area contributed by atoms with Gasteiger partial charge in [0.05, 0.1) is 5.56 Å². The lowest BCUT2D eigenvalue weighted by molar-refractivity contribution is -0.0438. The Bertz CT molecular complexity index is 457. The standard InChI is InChI=1S/C12H11BrINO/c13-10-8(2-1-3-9(10)14)11(16)15-12-4-7(5-12)6-12/h1-3,7H,4-6H2,(H,15,16). The predicted molar refractivity (Wildman–Crippen MR) is 74.4 cm³/mol. The van der Waals surface area contributed by atoms with Gasteiger partial charge in [-0.05, 0) is 75.8 Å². The van der Waals surface area contributed by atoms with Crippen molar-refractivity contribution in [3.63, 3.8) is 0 Å². The van der Waals surface area contributed by atoms with E-state index in [0.29, 0.717) is 0 Å². The molecule has 0 radical (unpaired) electrons. The molecule has 1 N–H and O–H groups in total. The van der Waals surface area contributed by atoms with E-state index in [0.717, 1.165) is 19.5 Å². The van der Waals surface area contributed by atoms with E-state index in [1.807, 2.05) is 18.2 Å². The first-order valence-corrected chi connectivity index (χ1v) is 7.23. The normalized spacial score (nSPS) is 30.2. The van der Waals surface area contributed by atoms with Crippen LogP contribution in [0.4, 0.5) is 0 Å². The Hall–Kier alpha value is -0.100. The Kier molecular flexibility index (Phi) is 2.55. The second-order valence-corrected chi connectivity index (χ2v) is 6.77. The number of rotatable bonds is 2. The molecule has 2 bridgehead atoms. The Morgan fingerprint density at radius 1 is 1.44 bits per heavy atom. The van der Waals surface area contributed by atoms with Crippen molar-refractivity contribution >= 4 is 44.4 Å². The molecule has 2 nitrogen and oxygen atoms in total. The molecule has 3 aliphatic carbocycles. The number of carbonyl (C=O) groups excluding carboxylic acids is 1.